The van der Waals surface area contributed by atoms with Crippen LogP contribution in [0, 0.1) is 0 Å². The SMILES string of the molecule is CCC1(c2nc(-c3ccc(O)c(OC)c3)no2)CCNC1. The van der Waals surface area contributed by atoms with Gasteiger partial charge in [0.2, 0.25) is 11.7 Å². The zero-order valence-corrected chi connectivity index (χ0v) is 12.2. The first-order valence-electron chi connectivity index (χ1n) is 7.11. The van der Waals surface area contributed by atoms with Crippen molar-refractivity contribution in [1.29, 1.82) is 0 Å². The van der Waals surface area contributed by atoms with E-state index < -0.39 is 0 Å². The molecule has 1 aliphatic rings. The molecule has 0 amide bonds. The van der Waals surface area contributed by atoms with Gasteiger partial charge in [-0.05, 0) is 37.6 Å². The molecule has 0 radical (unpaired) electrons. The molecule has 1 aliphatic heterocycles. The van der Waals surface area contributed by atoms with E-state index in [9.17, 15) is 5.11 Å². The van der Waals surface area contributed by atoms with E-state index in [-0.39, 0.29) is 11.2 Å². The van der Waals surface area contributed by atoms with Crippen LogP contribution >= 0.6 is 0 Å². The summed E-state index contributed by atoms with van der Waals surface area (Å²) >= 11 is 0. The van der Waals surface area contributed by atoms with Crippen molar-refractivity contribution >= 4 is 0 Å². The monoisotopic (exact) mass is 289 g/mol. The number of hydrogen-bond acceptors (Lipinski definition) is 6. The summed E-state index contributed by atoms with van der Waals surface area (Å²) in [5.74, 6) is 1.68. The van der Waals surface area contributed by atoms with Gasteiger partial charge in [-0.3, -0.25) is 0 Å². The highest BCUT2D eigenvalue weighted by Crippen LogP contribution is 2.35. The number of aromatic hydroxyl groups is 1. The number of nitrogens with one attached hydrogen (secondary N) is 1. The second kappa shape index (κ2) is 5.37. The minimum atomic E-state index is -0.0632. The molecule has 6 nitrogen and oxygen atoms in total. The van der Waals surface area contributed by atoms with Crippen LogP contribution in [0.3, 0.4) is 0 Å². The highest BCUT2D eigenvalue weighted by molar-refractivity contribution is 5.60. The lowest BCUT2D eigenvalue weighted by Crippen LogP contribution is -2.28. The minimum absolute atomic E-state index is 0.0632. The summed E-state index contributed by atoms with van der Waals surface area (Å²) in [6.45, 7) is 3.98. The van der Waals surface area contributed by atoms with E-state index in [1.165, 1.54) is 7.11 Å². The average molecular weight is 289 g/mol. The number of aromatic nitrogens is 2. The molecule has 112 valence electrons. The van der Waals surface area contributed by atoms with Crippen LogP contribution in [0.5, 0.6) is 11.5 Å². The maximum absolute atomic E-state index is 9.64. The van der Waals surface area contributed by atoms with Crippen molar-refractivity contribution in [1.82, 2.24) is 15.5 Å². The van der Waals surface area contributed by atoms with Crippen LogP contribution in [0.4, 0.5) is 0 Å². The third-order valence-electron chi connectivity index (χ3n) is 4.24. The molecule has 1 aromatic carbocycles. The fourth-order valence-corrected chi connectivity index (χ4v) is 2.75. The molecular formula is C15H19N3O3. The lowest BCUT2D eigenvalue weighted by atomic mass is 9.84. The molecule has 1 fully saturated rings. The lowest BCUT2D eigenvalue weighted by molar-refractivity contribution is 0.285. The molecule has 1 unspecified atom stereocenters. The van der Waals surface area contributed by atoms with Gasteiger partial charge in [-0.1, -0.05) is 12.1 Å². The van der Waals surface area contributed by atoms with Crippen molar-refractivity contribution in [2.24, 2.45) is 0 Å². The predicted octanol–water partition coefficient (Wildman–Crippen LogP) is 2.09. The van der Waals surface area contributed by atoms with E-state index in [2.05, 4.69) is 22.4 Å². The maximum Gasteiger partial charge on any atom is 0.234 e. The first kappa shape index (κ1) is 13.9. The van der Waals surface area contributed by atoms with Gasteiger partial charge in [0.1, 0.15) is 0 Å². The number of phenols is 1. The Balaban J connectivity index is 1.95. The fraction of sp³-hybridized carbons (Fsp3) is 0.467. The highest BCUT2D eigenvalue weighted by atomic mass is 16.5. The van der Waals surface area contributed by atoms with Crippen molar-refractivity contribution in [3.05, 3.63) is 24.1 Å². The molecule has 0 bridgehead atoms. The summed E-state index contributed by atoms with van der Waals surface area (Å²) in [4.78, 5) is 4.56. The number of benzene rings is 1. The number of methoxy groups -OCH3 is 1. The van der Waals surface area contributed by atoms with E-state index in [1.54, 1.807) is 18.2 Å². The topological polar surface area (TPSA) is 80.4 Å². The minimum Gasteiger partial charge on any atom is -0.504 e. The molecule has 21 heavy (non-hydrogen) atoms. The molecule has 6 heteroatoms. The van der Waals surface area contributed by atoms with E-state index in [4.69, 9.17) is 9.26 Å². The van der Waals surface area contributed by atoms with Gasteiger partial charge >= 0.3 is 0 Å². The second-order valence-electron chi connectivity index (χ2n) is 5.37. The van der Waals surface area contributed by atoms with Crippen molar-refractivity contribution < 1.29 is 14.4 Å². The molecule has 1 atom stereocenters. The van der Waals surface area contributed by atoms with Gasteiger partial charge in [-0.25, -0.2) is 0 Å². The molecular weight excluding hydrogens is 270 g/mol. The van der Waals surface area contributed by atoms with E-state index in [0.29, 0.717) is 17.5 Å². The van der Waals surface area contributed by atoms with Crippen LogP contribution in [0.25, 0.3) is 11.4 Å². The summed E-state index contributed by atoms with van der Waals surface area (Å²) in [5, 5.41) is 17.1. The van der Waals surface area contributed by atoms with Gasteiger partial charge in [0.15, 0.2) is 11.5 Å². The Morgan fingerprint density at radius 2 is 2.33 bits per heavy atom. The van der Waals surface area contributed by atoms with E-state index in [1.807, 2.05) is 0 Å². The van der Waals surface area contributed by atoms with Gasteiger partial charge in [-0.2, -0.15) is 4.98 Å². The Hall–Kier alpha value is -2.08. The zero-order chi connectivity index (χ0) is 14.9. The summed E-state index contributed by atoms with van der Waals surface area (Å²) in [6, 6.07) is 5.02. The Bertz CT molecular complexity index is 633. The normalized spacial score (nSPS) is 21.6. The van der Waals surface area contributed by atoms with Gasteiger partial charge < -0.3 is 19.7 Å². The second-order valence-corrected chi connectivity index (χ2v) is 5.37. The lowest BCUT2D eigenvalue weighted by Gasteiger charge is -2.20. The zero-order valence-electron chi connectivity index (χ0n) is 12.2. The Labute approximate surface area is 123 Å². The molecule has 2 heterocycles. The molecule has 3 rings (SSSR count). The summed E-state index contributed by atoms with van der Waals surface area (Å²) in [7, 11) is 1.51. The Kier molecular flexibility index (Phi) is 3.55. The van der Waals surface area contributed by atoms with Crippen LogP contribution in [-0.2, 0) is 5.41 Å². The van der Waals surface area contributed by atoms with Gasteiger partial charge in [0, 0.05) is 12.1 Å². The van der Waals surface area contributed by atoms with Crippen molar-refractivity contribution in [3.8, 4) is 22.9 Å². The van der Waals surface area contributed by atoms with Gasteiger partial charge in [0.05, 0.1) is 12.5 Å². The quantitative estimate of drug-likeness (QED) is 0.897. The maximum atomic E-state index is 9.64. The average Bonchev–Trinajstić information content (AvgIpc) is 3.17. The van der Waals surface area contributed by atoms with Crippen LogP contribution in [0.15, 0.2) is 22.7 Å². The molecule has 1 aromatic heterocycles. The molecule has 1 saturated heterocycles. The number of hydrogen-bond donors (Lipinski definition) is 2. The predicted molar refractivity (Wildman–Crippen MR) is 77.4 cm³/mol. The van der Waals surface area contributed by atoms with Crippen LogP contribution in [-0.4, -0.2) is 35.4 Å². The van der Waals surface area contributed by atoms with Crippen LogP contribution in [0.2, 0.25) is 0 Å². The summed E-state index contributed by atoms with van der Waals surface area (Å²) in [6.07, 6.45) is 1.96. The Morgan fingerprint density at radius 3 is 3.00 bits per heavy atom. The highest BCUT2D eigenvalue weighted by Gasteiger charge is 2.39. The molecule has 0 aliphatic carbocycles. The third-order valence-corrected chi connectivity index (χ3v) is 4.24. The van der Waals surface area contributed by atoms with Crippen molar-refractivity contribution in [2.75, 3.05) is 20.2 Å². The number of nitrogens with zero attached hydrogens (tertiary/aromatic N) is 2. The fourth-order valence-electron chi connectivity index (χ4n) is 2.75. The van der Waals surface area contributed by atoms with Crippen molar-refractivity contribution in [2.45, 2.75) is 25.2 Å². The van der Waals surface area contributed by atoms with E-state index in [0.717, 1.165) is 31.5 Å². The number of ether oxygens (including phenoxy) is 1. The summed E-state index contributed by atoms with van der Waals surface area (Å²) < 4.78 is 10.6. The Morgan fingerprint density at radius 1 is 1.48 bits per heavy atom. The first-order chi connectivity index (χ1) is 10.2. The molecule has 2 N–H and O–H groups in total. The summed E-state index contributed by atoms with van der Waals surface area (Å²) in [5.41, 5.74) is 0.698. The smallest absolute Gasteiger partial charge is 0.234 e. The molecule has 2 aromatic rings. The largest absolute Gasteiger partial charge is 0.504 e. The van der Waals surface area contributed by atoms with Crippen LogP contribution < -0.4 is 10.1 Å². The molecule has 0 spiro atoms. The number of rotatable bonds is 4. The van der Waals surface area contributed by atoms with Crippen LogP contribution in [0.1, 0.15) is 25.7 Å². The molecule has 0 saturated carbocycles. The van der Waals surface area contributed by atoms with E-state index >= 15 is 0 Å². The van der Waals surface area contributed by atoms with Gasteiger partial charge in [-0.15, -0.1) is 0 Å². The van der Waals surface area contributed by atoms with Gasteiger partial charge in [0.25, 0.3) is 0 Å². The third kappa shape index (κ3) is 2.35. The van der Waals surface area contributed by atoms with Crippen molar-refractivity contribution in [3.63, 3.8) is 0 Å². The first-order valence-corrected chi connectivity index (χ1v) is 7.11. The number of phenolic OH excluding ortho intramolecular Hbond substituents is 1. The standard InChI is InChI=1S/C15H19N3O3/c1-3-15(6-7-16-9-15)14-17-13(18-21-14)10-4-5-11(19)12(8-10)20-2/h4-5,8,16,19H,3,6-7,9H2,1-2H3.